The van der Waals surface area contributed by atoms with Gasteiger partial charge in [0, 0.05) is 16.8 Å². The van der Waals surface area contributed by atoms with E-state index in [-0.39, 0.29) is 26.3 Å². The molecule has 0 bridgehead atoms. The summed E-state index contributed by atoms with van der Waals surface area (Å²) in [5.74, 6) is -2.10. The van der Waals surface area contributed by atoms with Gasteiger partial charge in [0.25, 0.3) is 5.91 Å². The van der Waals surface area contributed by atoms with Gasteiger partial charge in [0.2, 0.25) is 21.3 Å². The Morgan fingerprint density at radius 3 is 2.05 bits per heavy atom. The maximum atomic E-state index is 11.9. The maximum Gasteiger partial charge on any atom is 0.286 e. The first-order chi connectivity index (χ1) is 9.86. The number of hydrogen-bond acceptors (Lipinski definition) is 6. The lowest BCUT2D eigenvalue weighted by molar-refractivity contribution is 0.0994. The molecular weight excluding hydrogens is 318 g/mol. The van der Waals surface area contributed by atoms with Crippen LogP contribution in [0.1, 0.15) is 30.5 Å². The van der Waals surface area contributed by atoms with Crippen LogP contribution in [0.25, 0.3) is 0 Å². The van der Waals surface area contributed by atoms with Crippen molar-refractivity contribution in [2.75, 3.05) is 5.32 Å². The zero-order valence-corrected chi connectivity index (χ0v) is 11.9. The summed E-state index contributed by atoms with van der Waals surface area (Å²) < 4.78 is 0.115. The van der Waals surface area contributed by atoms with Gasteiger partial charge < -0.3 is 16.8 Å². The molecule has 2 rings (SSSR count). The van der Waals surface area contributed by atoms with Crippen molar-refractivity contribution in [3.63, 3.8) is 0 Å². The van der Waals surface area contributed by atoms with Gasteiger partial charge in [-0.15, -0.1) is 10.2 Å². The second kappa shape index (κ2) is 5.85. The van der Waals surface area contributed by atoms with Crippen LogP contribution >= 0.6 is 22.9 Å². The van der Waals surface area contributed by atoms with E-state index in [0.717, 1.165) is 11.3 Å². The van der Waals surface area contributed by atoms with Crippen molar-refractivity contribution in [1.29, 1.82) is 0 Å². The Hall–Kier alpha value is -2.52. The number of nitrogens with zero attached hydrogens (tertiary/aromatic N) is 2. The highest BCUT2D eigenvalue weighted by atomic mass is 35.5. The zero-order valence-electron chi connectivity index (χ0n) is 10.3. The number of benzene rings is 1. The number of amides is 3. The van der Waals surface area contributed by atoms with Gasteiger partial charge in [0.15, 0.2) is 0 Å². The van der Waals surface area contributed by atoms with Crippen LogP contribution in [0.5, 0.6) is 0 Å². The molecule has 0 atom stereocenters. The second-order valence-electron chi connectivity index (χ2n) is 3.84. The normalized spacial score (nSPS) is 10.1. The molecule has 0 aliphatic carbocycles. The number of nitrogens with two attached hydrogens (primary N) is 2. The van der Waals surface area contributed by atoms with Gasteiger partial charge in [-0.3, -0.25) is 14.4 Å². The van der Waals surface area contributed by atoms with Gasteiger partial charge in [-0.2, -0.15) is 0 Å². The molecule has 0 aliphatic rings. The average Bonchev–Trinajstić information content (AvgIpc) is 2.85. The van der Waals surface area contributed by atoms with Gasteiger partial charge in [0.05, 0.1) is 0 Å². The summed E-state index contributed by atoms with van der Waals surface area (Å²) >= 11 is 6.47. The van der Waals surface area contributed by atoms with Crippen LogP contribution in [-0.2, 0) is 0 Å². The lowest BCUT2D eigenvalue weighted by Gasteiger charge is -2.07. The Balaban J connectivity index is 2.32. The minimum absolute atomic E-state index is 0.0325. The molecule has 2 aromatic rings. The van der Waals surface area contributed by atoms with Crippen molar-refractivity contribution in [2.45, 2.75) is 0 Å². The van der Waals surface area contributed by atoms with Crippen LogP contribution in [0.15, 0.2) is 18.2 Å². The Kier molecular flexibility index (Phi) is 4.15. The lowest BCUT2D eigenvalue weighted by atomic mass is 10.1. The summed E-state index contributed by atoms with van der Waals surface area (Å²) in [5.41, 5.74) is 10.6. The molecule has 0 spiro atoms. The summed E-state index contributed by atoms with van der Waals surface area (Å²) in [6.07, 6.45) is 0. The first-order valence-corrected chi connectivity index (χ1v) is 6.61. The molecule has 8 nitrogen and oxygen atoms in total. The van der Waals surface area contributed by atoms with E-state index in [0.29, 0.717) is 0 Å². The summed E-state index contributed by atoms with van der Waals surface area (Å²) in [4.78, 5) is 34.3. The molecule has 1 aromatic heterocycles. The summed E-state index contributed by atoms with van der Waals surface area (Å²) in [6.45, 7) is 0. The first-order valence-electron chi connectivity index (χ1n) is 5.42. The van der Waals surface area contributed by atoms with Crippen molar-refractivity contribution in [2.24, 2.45) is 11.5 Å². The molecule has 21 heavy (non-hydrogen) atoms. The number of nitrogens with one attached hydrogen (secondary N) is 1. The Morgan fingerprint density at radius 2 is 1.62 bits per heavy atom. The van der Waals surface area contributed by atoms with E-state index in [1.54, 1.807) is 0 Å². The first kappa shape index (κ1) is 14.9. The molecule has 0 saturated heterocycles. The number of carbonyl (C=O) groups is 3. The number of carbonyl (C=O) groups excluding carboxylic acids is 3. The number of hydrogen-bond donors (Lipinski definition) is 3. The van der Waals surface area contributed by atoms with E-state index in [1.165, 1.54) is 18.2 Å². The van der Waals surface area contributed by atoms with Gasteiger partial charge in [-0.05, 0) is 29.8 Å². The SMILES string of the molecule is NC(=O)c1cc(NC(=O)c2nnc(Cl)s2)cc(C(N)=O)c1. The molecule has 3 amide bonds. The summed E-state index contributed by atoms with van der Waals surface area (Å²) in [6, 6.07) is 3.87. The third-order valence-electron chi connectivity index (χ3n) is 2.35. The number of rotatable bonds is 4. The van der Waals surface area contributed by atoms with Crippen molar-refractivity contribution >= 4 is 46.3 Å². The largest absolute Gasteiger partial charge is 0.366 e. The Bertz CT molecular complexity index is 713. The molecule has 5 N–H and O–H groups in total. The molecule has 0 aliphatic heterocycles. The van der Waals surface area contributed by atoms with E-state index in [4.69, 9.17) is 23.1 Å². The molecule has 0 unspecified atom stereocenters. The van der Waals surface area contributed by atoms with Gasteiger partial charge >= 0.3 is 0 Å². The second-order valence-corrected chi connectivity index (χ2v) is 5.40. The number of primary amides is 2. The molecule has 0 fully saturated rings. The topological polar surface area (TPSA) is 141 Å². The number of anilines is 1. The van der Waals surface area contributed by atoms with Crippen LogP contribution in [0.2, 0.25) is 4.47 Å². The van der Waals surface area contributed by atoms with Crippen molar-refractivity contribution in [3.8, 4) is 0 Å². The van der Waals surface area contributed by atoms with Crippen molar-refractivity contribution in [3.05, 3.63) is 38.8 Å². The van der Waals surface area contributed by atoms with Crippen molar-refractivity contribution < 1.29 is 14.4 Å². The van der Waals surface area contributed by atoms with E-state index in [1.807, 2.05) is 0 Å². The van der Waals surface area contributed by atoms with Gasteiger partial charge in [0.1, 0.15) is 0 Å². The fourth-order valence-electron chi connectivity index (χ4n) is 1.47. The molecule has 1 heterocycles. The minimum atomic E-state index is -0.757. The Morgan fingerprint density at radius 1 is 1.05 bits per heavy atom. The van der Waals surface area contributed by atoms with Gasteiger partial charge in [-0.25, -0.2) is 0 Å². The van der Waals surface area contributed by atoms with Crippen LogP contribution < -0.4 is 16.8 Å². The lowest BCUT2D eigenvalue weighted by Crippen LogP contribution is -2.18. The standard InChI is InChI=1S/C11H8ClN5O3S/c12-11-17-16-10(21-11)9(20)15-6-2-4(7(13)18)1-5(3-6)8(14)19/h1-3H,(H2,13,18)(H2,14,19)(H,15,20). The predicted octanol–water partition coefficient (Wildman–Crippen LogP) is 0.642. The van der Waals surface area contributed by atoms with E-state index < -0.39 is 17.7 Å². The molecular formula is C11H8ClN5O3S. The van der Waals surface area contributed by atoms with Crippen molar-refractivity contribution in [1.82, 2.24) is 10.2 Å². The zero-order chi connectivity index (χ0) is 15.6. The number of halogens is 1. The van der Waals surface area contributed by atoms with E-state index in [9.17, 15) is 14.4 Å². The third-order valence-corrected chi connectivity index (χ3v) is 3.37. The number of aromatic nitrogens is 2. The predicted molar refractivity (Wildman–Crippen MR) is 76.3 cm³/mol. The van der Waals surface area contributed by atoms with Crippen LogP contribution in [0.4, 0.5) is 5.69 Å². The van der Waals surface area contributed by atoms with E-state index >= 15 is 0 Å². The highest BCUT2D eigenvalue weighted by Crippen LogP contribution is 2.19. The third kappa shape index (κ3) is 3.52. The highest BCUT2D eigenvalue weighted by Gasteiger charge is 2.15. The van der Waals surface area contributed by atoms with Crippen LogP contribution in [0, 0.1) is 0 Å². The Labute approximate surface area is 127 Å². The summed E-state index contributed by atoms with van der Waals surface area (Å²) in [5, 5.41) is 9.55. The molecule has 0 radical (unpaired) electrons. The van der Waals surface area contributed by atoms with Gasteiger partial charge in [-0.1, -0.05) is 11.3 Å². The average molecular weight is 326 g/mol. The molecule has 108 valence electrons. The molecule has 10 heteroatoms. The highest BCUT2D eigenvalue weighted by molar-refractivity contribution is 7.17. The van der Waals surface area contributed by atoms with E-state index in [2.05, 4.69) is 15.5 Å². The monoisotopic (exact) mass is 325 g/mol. The molecule has 1 aromatic carbocycles. The smallest absolute Gasteiger partial charge is 0.286 e. The van der Waals surface area contributed by atoms with Crippen LogP contribution in [-0.4, -0.2) is 27.9 Å². The molecule has 0 saturated carbocycles. The minimum Gasteiger partial charge on any atom is -0.366 e. The maximum absolute atomic E-state index is 11.9. The quantitative estimate of drug-likeness (QED) is 0.756. The van der Waals surface area contributed by atoms with Crippen LogP contribution in [0.3, 0.4) is 0 Å². The fraction of sp³-hybridized carbons (Fsp3) is 0. The fourth-order valence-corrected chi connectivity index (χ4v) is 2.19. The summed E-state index contributed by atoms with van der Waals surface area (Å²) in [7, 11) is 0.